The number of hydrogen-bond acceptors (Lipinski definition) is 0. The molecule has 0 aliphatic heterocycles. The van der Waals surface area contributed by atoms with Gasteiger partial charge in [-0.15, -0.1) is 0 Å². The smallest absolute Gasteiger partial charge is 0.0286 e. The van der Waals surface area contributed by atoms with Crippen molar-refractivity contribution < 1.29 is 0 Å². The molecule has 0 saturated heterocycles. The van der Waals surface area contributed by atoms with E-state index in [9.17, 15) is 0 Å². The maximum Gasteiger partial charge on any atom is 0.0286 e. The molecule has 2 aliphatic carbocycles. The van der Waals surface area contributed by atoms with E-state index in [1.807, 2.05) is 0 Å². The molecule has 2 fully saturated rings. The van der Waals surface area contributed by atoms with Crippen molar-refractivity contribution in [3.05, 3.63) is 0 Å². The van der Waals surface area contributed by atoms with Gasteiger partial charge in [-0.1, -0.05) is 43.9 Å². The van der Waals surface area contributed by atoms with Gasteiger partial charge in [0.15, 0.2) is 0 Å². The van der Waals surface area contributed by atoms with Gasteiger partial charge >= 0.3 is 0 Å². The lowest BCUT2D eigenvalue weighted by molar-refractivity contribution is 0.299. The van der Waals surface area contributed by atoms with Crippen LogP contribution in [0.25, 0.3) is 0 Å². The first-order chi connectivity index (χ1) is 6.79. The summed E-state index contributed by atoms with van der Waals surface area (Å²) in [4.78, 5) is 0. The summed E-state index contributed by atoms with van der Waals surface area (Å²) in [6, 6.07) is 0. The average Bonchev–Trinajstić information content (AvgIpc) is 2.69. The first-order valence-corrected chi connectivity index (χ1v) is 6.31. The molecule has 0 atom stereocenters. The number of hydrogen-bond donors (Lipinski definition) is 0. The molecule has 0 amide bonds. The Hall–Kier alpha value is -0.440. The molecule has 0 unspecified atom stereocenters. The fourth-order valence-electron chi connectivity index (χ4n) is 2.80. The van der Waals surface area contributed by atoms with E-state index in [4.69, 9.17) is 0 Å². The lowest BCUT2D eigenvalue weighted by atomic mass is 9.76. The van der Waals surface area contributed by atoms with Crippen molar-refractivity contribution >= 4 is 0 Å². The quantitative estimate of drug-likeness (QED) is 0.503. The lowest BCUT2D eigenvalue weighted by Crippen LogP contribution is -2.17. The zero-order valence-corrected chi connectivity index (χ0v) is 9.44. The summed E-state index contributed by atoms with van der Waals surface area (Å²) < 4.78 is 0. The molecule has 0 spiro atoms. The molecule has 2 saturated carbocycles. The van der Waals surface area contributed by atoms with Crippen LogP contribution in [0.2, 0.25) is 0 Å². The van der Waals surface area contributed by atoms with E-state index in [2.05, 4.69) is 18.8 Å². The minimum atomic E-state index is 0.376. The van der Waals surface area contributed by atoms with E-state index in [1.54, 1.807) is 0 Å². The fourth-order valence-corrected chi connectivity index (χ4v) is 2.80. The van der Waals surface area contributed by atoms with Crippen molar-refractivity contribution in [2.24, 2.45) is 11.3 Å². The summed E-state index contributed by atoms with van der Waals surface area (Å²) in [6.45, 7) is 2.37. The van der Waals surface area contributed by atoms with Crippen molar-refractivity contribution in [1.29, 1.82) is 0 Å². The first kappa shape index (κ1) is 10.1. The molecule has 0 aromatic heterocycles. The van der Waals surface area contributed by atoms with E-state index in [-0.39, 0.29) is 0 Å². The largest absolute Gasteiger partial charge is 0.0993 e. The Kier molecular flexibility index (Phi) is 3.16. The first-order valence-electron chi connectivity index (χ1n) is 6.31. The van der Waals surface area contributed by atoms with Gasteiger partial charge in [0.2, 0.25) is 0 Å². The molecule has 0 heteroatoms. The Labute approximate surface area is 88.5 Å². The van der Waals surface area contributed by atoms with E-state index >= 15 is 0 Å². The van der Waals surface area contributed by atoms with Crippen molar-refractivity contribution in [2.75, 3.05) is 0 Å². The predicted molar refractivity (Wildman–Crippen MR) is 60.9 cm³/mol. The maximum atomic E-state index is 3.59. The molecule has 0 aromatic carbocycles. The summed E-state index contributed by atoms with van der Waals surface area (Å²) >= 11 is 0. The maximum absolute atomic E-state index is 3.59. The molecule has 0 nitrogen and oxygen atoms in total. The van der Waals surface area contributed by atoms with Gasteiger partial charge < -0.3 is 0 Å². The highest BCUT2D eigenvalue weighted by atomic mass is 14.3. The van der Waals surface area contributed by atoms with Gasteiger partial charge in [-0.3, -0.25) is 0 Å². The minimum absolute atomic E-state index is 0.376. The van der Waals surface area contributed by atoms with Gasteiger partial charge in [0.05, 0.1) is 0 Å². The monoisotopic (exact) mass is 190 g/mol. The standard InChI is InChI=1S/C14H22/c1-14(10-5-2-6-11-14)12-9-13-7-3-4-8-13/h13H,2-8,10-11H2,1H3. The molecule has 0 bridgehead atoms. The highest BCUT2D eigenvalue weighted by molar-refractivity contribution is 5.14. The topological polar surface area (TPSA) is 0 Å². The third-order valence-corrected chi connectivity index (χ3v) is 3.89. The zero-order valence-electron chi connectivity index (χ0n) is 9.44. The van der Waals surface area contributed by atoms with Crippen molar-refractivity contribution in [2.45, 2.75) is 64.7 Å². The highest BCUT2D eigenvalue weighted by Crippen LogP contribution is 2.35. The van der Waals surface area contributed by atoms with Crippen LogP contribution in [0.15, 0.2) is 0 Å². The Bertz CT molecular complexity index is 228. The van der Waals surface area contributed by atoms with Crippen LogP contribution in [0.5, 0.6) is 0 Å². The van der Waals surface area contributed by atoms with Gasteiger partial charge in [-0.05, 0) is 32.6 Å². The minimum Gasteiger partial charge on any atom is -0.0993 e. The van der Waals surface area contributed by atoms with E-state index in [0.717, 1.165) is 5.92 Å². The molecule has 0 N–H and O–H groups in total. The molecule has 0 aromatic rings. The summed E-state index contributed by atoms with van der Waals surface area (Å²) in [6.07, 6.45) is 12.5. The van der Waals surface area contributed by atoms with Crippen LogP contribution in [-0.4, -0.2) is 0 Å². The summed E-state index contributed by atoms with van der Waals surface area (Å²) in [5, 5.41) is 0. The van der Waals surface area contributed by atoms with Crippen LogP contribution in [0.3, 0.4) is 0 Å². The highest BCUT2D eigenvalue weighted by Gasteiger charge is 2.24. The van der Waals surface area contributed by atoms with Crippen LogP contribution in [0.4, 0.5) is 0 Å². The SMILES string of the molecule is CC1(C#CC2CCCC2)CCCCC1. The summed E-state index contributed by atoms with van der Waals surface area (Å²) in [5.74, 6) is 7.88. The second kappa shape index (κ2) is 4.39. The van der Waals surface area contributed by atoms with Crippen LogP contribution in [0.1, 0.15) is 64.7 Å². The van der Waals surface area contributed by atoms with E-state index in [0.29, 0.717) is 5.41 Å². The lowest BCUT2D eigenvalue weighted by Gasteiger charge is -2.28. The average molecular weight is 190 g/mol. The Morgan fingerprint density at radius 3 is 2.21 bits per heavy atom. The summed E-state index contributed by atoms with van der Waals surface area (Å²) in [7, 11) is 0. The van der Waals surface area contributed by atoms with Crippen LogP contribution in [-0.2, 0) is 0 Å². The molecule has 14 heavy (non-hydrogen) atoms. The molecule has 78 valence electrons. The second-order valence-corrected chi connectivity index (χ2v) is 5.37. The second-order valence-electron chi connectivity index (χ2n) is 5.37. The van der Waals surface area contributed by atoms with Gasteiger partial charge in [0.25, 0.3) is 0 Å². The third-order valence-electron chi connectivity index (χ3n) is 3.89. The Balaban J connectivity index is 1.92. The van der Waals surface area contributed by atoms with Gasteiger partial charge in [0, 0.05) is 11.3 Å². The zero-order chi connectivity index (χ0) is 9.86. The molecule has 0 heterocycles. The van der Waals surface area contributed by atoms with Crippen LogP contribution in [0, 0.1) is 23.2 Å². The van der Waals surface area contributed by atoms with E-state index in [1.165, 1.54) is 57.8 Å². The van der Waals surface area contributed by atoms with Crippen LogP contribution >= 0.6 is 0 Å². The normalized spacial score (nSPS) is 26.9. The molecule has 2 rings (SSSR count). The predicted octanol–water partition coefficient (Wildman–Crippen LogP) is 4.15. The Morgan fingerprint density at radius 2 is 1.57 bits per heavy atom. The van der Waals surface area contributed by atoms with Crippen molar-refractivity contribution in [3.8, 4) is 11.8 Å². The van der Waals surface area contributed by atoms with Crippen molar-refractivity contribution in [1.82, 2.24) is 0 Å². The van der Waals surface area contributed by atoms with Gasteiger partial charge in [-0.2, -0.15) is 0 Å². The Morgan fingerprint density at radius 1 is 0.929 bits per heavy atom. The van der Waals surface area contributed by atoms with Crippen molar-refractivity contribution in [3.63, 3.8) is 0 Å². The van der Waals surface area contributed by atoms with E-state index < -0.39 is 0 Å². The molecular formula is C14H22. The summed E-state index contributed by atoms with van der Waals surface area (Å²) in [5.41, 5.74) is 0.376. The molecule has 2 aliphatic rings. The number of rotatable bonds is 0. The molecular weight excluding hydrogens is 168 g/mol. The van der Waals surface area contributed by atoms with Crippen LogP contribution < -0.4 is 0 Å². The molecule has 0 radical (unpaired) electrons. The van der Waals surface area contributed by atoms with Gasteiger partial charge in [-0.25, -0.2) is 0 Å². The third kappa shape index (κ3) is 2.53. The fraction of sp³-hybridized carbons (Fsp3) is 0.857. The van der Waals surface area contributed by atoms with Gasteiger partial charge in [0.1, 0.15) is 0 Å².